The summed E-state index contributed by atoms with van der Waals surface area (Å²) in [6.45, 7) is 0.836. The van der Waals surface area contributed by atoms with Gasteiger partial charge in [0.2, 0.25) is 5.76 Å². The van der Waals surface area contributed by atoms with Gasteiger partial charge in [0.1, 0.15) is 12.4 Å². The van der Waals surface area contributed by atoms with Gasteiger partial charge >= 0.3 is 11.9 Å². The average Bonchev–Trinajstić information content (AvgIpc) is 3.30. The summed E-state index contributed by atoms with van der Waals surface area (Å²) >= 11 is 0. The van der Waals surface area contributed by atoms with Crippen molar-refractivity contribution < 1.29 is 28.3 Å². The van der Waals surface area contributed by atoms with Crippen LogP contribution in [0.1, 0.15) is 39.5 Å². The zero-order valence-electron chi connectivity index (χ0n) is 17.2. The van der Waals surface area contributed by atoms with Crippen molar-refractivity contribution in [2.75, 3.05) is 20.2 Å². The largest absolute Gasteiger partial charge is 0.463 e. The fraction of sp³-hybridized carbons (Fsp3) is 0.292. The molecule has 31 heavy (non-hydrogen) atoms. The zero-order valence-corrected chi connectivity index (χ0v) is 17.2. The molecule has 2 heterocycles. The van der Waals surface area contributed by atoms with Crippen LogP contribution in [0.5, 0.6) is 0 Å². The normalized spacial score (nSPS) is 16.2. The Morgan fingerprint density at radius 3 is 2.71 bits per heavy atom. The Morgan fingerprint density at radius 1 is 1.06 bits per heavy atom. The number of ether oxygens (including phenoxy) is 2. The Balaban J connectivity index is 1.39. The molecule has 3 aromatic rings. The first kappa shape index (κ1) is 20.7. The number of carbonyl (C=O) groups excluding carboxylic acids is 3. The molecule has 0 saturated carbocycles. The van der Waals surface area contributed by atoms with E-state index < -0.39 is 11.9 Å². The first-order chi connectivity index (χ1) is 15.1. The molecule has 7 nitrogen and oxygen atoms in total. The van der Waals surface area contributed by atoms with Crippen LogP contribution >= 0.6 is 0 Å². The van der Waals surface area contributed by atoms with Gasteiger partial charge in [-0.05, 0) is 41.8 Å². The van der Waals surface area contributed by atoms with Gasteiger partial charge in [0.25, 0.3) is 5.91 Å². The van der Waals surface area contributed by atoms with Crippen molar-refractivity contribution in [1.82, 2.24) is 4.90 Å². The van der Waals surface area contributed by atoms with Gasteiger partial charge in [0.15, 0.2) is 0 Å². The number of hydrogen-bond donors (Lipinski definition) is 0. The van der Waals surface area contributed by atoms with E-state index in [1.165, 1.54) is 13.2 Å². The summed E-state index contributed by atoms with van der Waals surface area (Å²) in [4.78, 5) is 38.9. The SMILES string of the molecule is COC(=O)c1ccc(COC(=O)C2CCCN(C(=O)c3cccc4ccccc34)C2)o1. The van der Waals surface area contributed by atoms with Crippen LogP contribution in [0.25, 0.3) is 10.8 Å². The number of nitrogens with zero attached hydrogens (tertiary/aromatic N) is 1. The molecule has 1 unspecified atom stereocenters. The lowest BCUT2D eigenvalue weighted by Crippen LogP contribution is -2.42. The van der Waals surface area contributed by atoms with Crippen molar-refractivity contribution in [3.63, 3.8) is 0 Å². The van der Waals surface area contributed by atoms with Crippen LogP contribution in [0.2, 0.25) is 0 Å². The van der Waals surface area contributed by atoms with Gasteiger partial charge in [-0.1, -0.05) is 36.4 Å². The van der Waals surface area contributed by atoms with E-state index >= 15 is 0 Å². The smallest absolute Gasteiger partial charge is 0.373 e. The van der Waals surface area contributed by atoms with E-state index in [4.69, 9.17) is 9.15 Å². The highest BCUT2D eigenvalue weighted by molar-refractivity contribution is 6.07. The fourth-order valence-corrected chi connectivity index (χ4v) is 3.86. The summed E-state index contributed by atoms with van der Waals surface area (Å²) in [6, 6.07) is 16.5. The van der Waals surface area contributed by atoms with Gasteiger partial charge in [0, 0.05) is 18.7 Å². The van der Waals surface area contributed by atoms with Crippen molar-refractivity contribution in [3.05, 3.63) is 71.7 Å². The lowest BCUT2D eigenvalue weighted by molar-refractivity contribution is -0.152. The minimum absolute atomic E-state index is 0.0538. The highest BCUT2D eigenvalue weighted by Gasteiger charge is 2.30. The first-order valence-electron chi connectivity index (χ1n) is 10.2. The minimum atomic E-state index is -0.590. The molecule has 160 valence electrons. The average molecular weight is 421 g/mol. The van der Waals surface area contributed by atoms with Crippen LogP contribution in [0.4, 0.5) is 0 Å². The molecule has 7 heteroatoms. The van der Waals surface area contributed by atoms with E-state index in [2.05, 4.69) is 4.74 Å². The summed E-state index contributed by atoms with van der Waals surface area (Å²) in [5.74, 6) is -1.05. The van der Waals surface area contributed by atoms with Crippen LogP contribution in [-0.4, -0.2) is 42.9 Å². The second-order valence-corrected chi connectivity index (χ2v) is 7.48. The Morgan fingerprint density at radius 2 is 1.87 bits per heavy atom. The number of piperidine rings is 1. The maximum atomic E-state index is 13.2. The van der Waals surface area contributed by atoms with Crippen molar-refractivity contribution in [2.24, 2.45) is 5.92 Å². The standard InChI is InChI=1S/C24H23NO6/c1-29-24(28)21-12-11-18(31-21)15-30-23(27)17-8-5-13-25(14-17)22(26)20-10-4-7-16-6-2-3-9-19(16)20/h2-4,6-7,9-12,17H,5,8,13-15H2,1H3. The molecule has 4 rings (SSSR count). The molecule has 2 aromatic carbocycles. The number of fused-ring (bicyclic) bond motifs is 1. The van der Waals surface area contributed by atoms with Gasteiger partial charge in [-0.25, -0.2) is 4.79 Å². The number of furan rings is 1. The van der Waals surface area contributed by atoms with E-state index in [1.807, 2.05) is 42.5 Å². The third-order valence-corrected chi connectivity index (χ3v) is 5.47. The second-order valence-electron chi connectivity index (χ2n) is 7.48. The number of esters is 2. The number of benzene rings is 2. The Hall–Kier alpha value is -3.61. The summed E-state index contributed by atoms with van der Waals surface area (Å²) in [5.41, 5.74) is 0.637. The molecule has 1 saturated heterocycles. The van der Waals surface area contributed by atoms with Crippen molar-refractivity contribution in [2.45, 2.75) is 19.4 Å². The predicted molar refractivity (Wildman–Crippen MR) is 112 cm³/mol. The van der Waals surface area contributed by atoms with E-state index in [1.54, 1.807) is 11.0 Å². The van der Waals surface area contributed by atoms with Crippen molar-refractivity contribution in [1.29, 1.82) is 0 Å². The van der Waals surface area contributed by atoms with Gasteiger partial charge in [-0.15, -0.1) is 0 Å². The highest BCUT2D eigenvalue weighted by Crippen LogP contribution is 2.24. The topological polar surface area (TPSA) is 86.0 Å². The number of hydrogen-bond acceptors (Lipinski definition) is 6. The van der Waals surface area contributed by atoms with Crippen LogP contribution in [0, 0.1) is 5.92 Å². The van der Waals surface area contributed by atoms with E-state index in [0.717, 1.165) is 17.2 Å². The molecule has 1 fully saturated rings. The number of amides is 1. The summed E-state index contributed by atoms with van der Waals surface area (Å²) in [7, 11) is 1.26. The van der Waals surface area contributed by atoms with Gasteiger partial charge in [0.05, 0.1) is 13.0 Å². The van der Waals surface area contributed by atoms with Crippen molar-refractivity contribution in [3.8, 4) is 0 Å². The Labute approximate surface area is 179 Å². The summed E-state index contributed by atoms with van der Waals surface area (Å²) in [5, 5.41) is 1.91. The van der Waals surface area contributed by atoms with Gasteiger partial charge in [-0.2, -0.15) is 0 Å². The molecule has 1 amide bonds. The number of methoxy groups -OCH3 is 1. The molecule has 1 aliphatic rings. The first-order valence-corrected chi connectivity index (χ1v) is 10.2. The molecule has 0 aliphatic carbocycles. The molecule has 0 bridgehead atoms. The van der Waals surface area contributed by atoms with Gasteiger partial charge in [-0.3, -0.25) is 9.59 Å². The van der Waals surface area contributed by atoms with Crippen LogP contribution < -0.4 is 0 Å². The molecule has 0 spiro atoms. The quantitative estimate of drug-likeness (QED) is 0.582. The van der Waals surface area contributed by atoms with Crippen LogP contribution in [-0.2, 0) is 20.9 Å². The fourth-order valence-electron chi connectivity index (χ4n) is 3.86. The third kappa shape index (κ3) is 4.45. The van der Waals surface area contributed by atoms with E-state index in [9.17, 15) is 14.4 Å². The second kappa shape index (κ2) is 9.04. The predicted octanol–water partition coefficient (Wildman–Crippen LogP) is 3.82. The van der Waals surface area contributed by atoms with Crippen molar-refractivity contribution >= 4 is 28.6 Å². The zero-order chi connectivity index (χ0) is 21.8. The van der Waals surface area contributed by atoms with Crippen LogP contribution in [0.15, 0.2) is 59.0 Å². The Bertz CT molecular complexity index is 1110. The molecular formula is C24H23NO6. The molecule has 0 N–H and O–H groups in total. The maximum absolute atomic E-state index is 13.2. The third-order valence-electron chi connectivity index (χ3n) is 5.47. The molecule has 0 radical (unpaired) electrons. The monoisotopic (exact) mass is 421 g/mol. The summed E-state index contributed by atoms with van der Waals surface area (Å²) < 4.78 is 15.3. The summed E-state index contributed by atoms with van der Waals surface area (Å²) in [6.07, 6.45) is 1.38. The molecular weight excluding hydrogens is 398 g/mol. The minimum Gasteiger partial charge on any atom is -0.463 e. The number of likely N-dealkylation sites (tertiary alicyclic amines) is 1. The lowest BCUT2D eigenvalue weighted by Gasteiger charge is -2.31. The van der Waals surface area contributed by atoms with Crippen LogP contribution in [0.3, 0.4) is 0 Å². The number of rotatable bonds is 5. The molecule has 1 aromatic heterocycles. The Kier molecular flexibility index (Phi) is 6.02. The lowest BCUT2D eigenvalue weighted by atomic mass is 9.96. The van der Waals surface area contributed by atoms with E-state index in [0.29, 0.717) is 30.8 Å². The van der Waals surface area contributed by atoms with Gasteiger partial charge < -0.3 is 18.8 Å². The van der Waals surface area contributed by atoms with E-state index in [-0.39, 0.29) is 24.2 Å². The maximum Gasteiger partial charge on any atom is 0.373 e. The number of carbonyl (C=O) groups is 3. The highest BCUT2D eigenvalue weighted by atomic mass is 16.6. The molecule has 1 aliphatic heterocycles. The molecule has 1 atom stereocenters.